The lowest BCUT2D eigenvalue weighted by molar-refractivity contribution is 0.251. The zero-order chi connectivity index (χ0) is 24.9. The molecule has 2 amide bonds. The van der Waals surface area contributed by atoms with Crippen LogP contribution in [-0.4, -0.2) is 20.8 Å². The summed E-state index contributed by atoms with van der Waals surface area (Å²) < 4.78 is 15.2. The van der Waals surface area contributed by atoms with Gasteiger partial charge in [-0.25, -0.2) is 9.18 Å². The van der Waals surface area contributed by atoms with Crippen LogP contribution in [0.5, 0.6) is 0 Å². The molecule has 0 fully saturated rings. The lowest BCUT2D eigenvalue weighted by Crippen LogP contribution is -2.29. The van der Waals surface area contributed by atoms with Gasteiger partial charge < -0.3 is 10.6 Å². The molecule has 9 heteroatoms. The van der Waals surface area contributed by atoms with E-state index in [4.69, 9.17) is 11.6 Å². The summed E-state index contributed by atoms with van der Waals surface area (Å²) >= 11 is 7.76. The molecule has 0 saturated carbocycles. The molecule has 2 N–H and O–H groups in total. The highest BCUT2D eigenvalue weighted by Gasteiger charge is 2.17. The summed E-state index contributed by atoms with van der Waals surface area (Å²) in [6, 6.07) is 17.4. The monoisotopic (exact) mass is 509 g/mol. The summed E-state index contributed by atoms with van der Waals surface area (Å²) in [6.07, 6.45) is 0. The van der Waals surface area contributed by atoms with Crippen LogP contribution in [-0.2, 0) is 12.3 Å². The zero-order valence-corrected chi connectivity index (χ0v) is 21.2. The Morgan fingerprint density at radius 1 is 0.971 bits per heavy atom. The lowest BCUT2D eigenvalue weighted by atomic mass is 10.1. The smallest absolute Gasteiger partial charge is 0.319 e. The number of urea groups is 1. The molecule has 1 heterocycles. The number of carbonyl (C=O) groups excluding carboxylic acids is 1. The molecule has 0 aliphatic carbocycles. The van der Waals surface area contributed by atoms with Gasteiger partial charge >= 0.3 is 6.03 Å². The lowest BCUT2D eigenvalue weighted by Gasteiger charge is -2.14. The average Bonchev–Trinajstić information content (AvgIpc) is 3.24. The van der Waals surface area contributed by atoms with Gasteiger partial charge in [-0.15, -0.1) is 10.2 Å². The number of carbonyl (C=O) groups is 1. The fourth-order valence-corrected chi connectivity index (χ4v) is 4.54. The van der Waals surface area contributed by atoms with Gasteiger partial charge in [0.05, 0.1) is 12.2 Å². The summed E-state index contributed by atoms with van der Waals surface area (Å²) in [4.78, 5) is 12.6. The Balaban J connectivity index is 1.55. The molecule has 3 aromatic carbocycles. The Bertz CT molecular complexity index is 1360. The summed E-state index contributed by atoms with van der Waals surface area (Å²) in [5.74, 6) is 0.870. The molecule has 6 nitrogen and oxygen atoms in total. The van der Waals surface area contributed by atoms with Crippen LogP contribution >= 0.6 is 23.4 Å². The third kappa shape index (κ3) is 6.21. The number of halogens is 2. The molecule has 4 aromatic rings. The van der Waals surface area contributed by atoms with Crippen molar-refractivity contribution in [3.05, 3.63) is 99.6 Å². The molecule has 0 unspecified atom stereocenters. The van der Waals surface area contributed by atoms with Gasteiger partial charge in [-0.3, -0.25) is 4.57 Å². The Hall–Kier alpha value is -3.36. The third-order valence-corrected chi connectivity index (χ3v) is 6.80. The van der Waals surface area contributed by atoms with Crippen LogP contribution in [0.4, 0.5) is 14.9 Å². The Morgan fingerprint density at radius 3 is 2.46 bits per heavy atom. The topological polar surface area (TPSA) is 71.8 Å². The van der Waals surface area contributed by atoms with E-state index in [0.717, 1.165) is 27.9 Å². The minimum atomic E-state index is -0.342. The number of rotatable bonds is 7. The first-order valence-electron chi connectivity index (χ1n) is 11.0. The van der Waals surface area contributed by atoms with Crippen LogP contribution < -0.4 is 10.6 Å². The SMILES string of the molecule is Cc1ccc(NC(=O)NCc2nnc(SCc3ccc(F)cc3)n2-c2cc(Cl)ccc2C)cc1C. The molecule has 0 saturated heterocycles. The molecule has 35 heavy (non-hydrogen) atoms. The van der Waals surface area contributed by atoms with Gasteiger partial charge in [0.15, 0.2) is 11.0 Å². The Morgan fingerprint density at radius 2 is 1.71 bits per heavy atom. The molecule has 180 valence electrons. The van der Waals surface area contributed by atoms with Gasteiger partial charge in [0.25, 0.3) is 0 Å². The minimum absolute atomic E-state index is 0.159. The van der Waals surface area contributed by atoms with Crippen molar-refractivity contribution in [2.75, 3.05) is 5.32 Å². The number of nitrogens with one attached hydrogen (secondary N) is 2. The van der Waals surface area contributed by atoms with Gasteiger partial charge in [-0.05, 0) is 79.4 Å². The standard InChI is InChI=1S/C26H25ClFN5OS/c1-16-5-11-22(12-18(16)3)30-25(34)29-14-24-31-32-26(35-15-19-6-9-21(28)10-7-19)33(24)23-13-20(27)8-4-17(23)2/h4-13H,14-15H2,1-3H3,(H2,29,30,34). The quantitative estimate of drug-likeness (QED) is 0.275. The molecule has 1 aromatic heterocycles. The van der Waals surface area contributed by atoms with Crippen LogP contribution in [0.1, 0.15) is 28.1 Å². The van der Waals surface area contributed by atoms with Gasteiger partial charge in [-0.2, -0.15) is 0 Å². The molecular formula is C26H25ClFN5OS. The molecule has 0 bridgehead atoms. The fraction of sp³-hybridized carbons (Fsp3) is 0.192. The van der Waals surface area contributed by atoms with Crippen molar-refractivity contribution in [1.29, 1.82) is 0 Å². The number of hydrogen-bond donors (Lipinski definition) is 2. The Kier molecular flexibility index (Phi) is 7.73. The first-order valence-corrected chi connectivity index (χ1v) is 12.4. The largest absolute Gasteiger partial charge is 0.331 e. The van der Waals surface area contributed by atoms with E-state index in [2.05, 4.69) is 20.8 Å². The highest BCUT2D eigenvalue weighted by molar-refractivity contribution is 7.98. The number of amides is 2. The molecule has 4 rings (SSSR count). The highest BCUT2D eigenvalue weighted by Crippen LogP contribution is 2.28. The second-order valence-electron chi connectivity index (χ2n) is 8.19. The van der Waals surface area contributed by atoms with Crippen LogP contribution in [0, 0.1) is 26.6 Å². The summed E-state index contributed by atoms with van der Waals surface area (Å²) in [6.45, 7) is 6.16. The van der Waals surface area contributed by atoms with E-state index in [1.165, 1.54) is 23.9 Å². The van der Waals surface area contributed by atoms with Crippen molar-refractivity contribution < 1.29 is 9.18 Å². The van der Waals surface area contributed by atoms with Gasteiger partial charge in [0.2, 0.25) is 0 Å². The van der Waals surface area contributed by atoms with E-state index in [1.54, 1.807) is 12.1 Å². The van der Waals surface area contributed by atoms with Crippen molar-refractivity contribution in [3.8, 4) is 5.69 Å². The van der Waals surface area contributed by atoms with E-state index >= 15 is 0 Å². The number of aryl methyl sites for hydroxylation is 3. The third-order valence-electron chi connectivity index (χ3n) is 5.57. The van der Waals surface area contributed by atoms with E-state index in [1.807, 2.05) is 61.7 Å². The van der Waals surface area contributed by atoms with E-state index < -0.39 is 0 Å². The van der Waals surface area contributed by atoms with Crippen LogP contribution in [0.2, 0.25) is 5.02 Å². The number of thioether (sulfide) groups is 1. The second-order valence-corrected chi connectivity index (χ2v) is 9.57. The van der Waals surface area contributed by atoms with E-state index in [-0.39, 0.29) is 18.4 Å². The normalized spacial score (nSPS) is 10.9. The molecule has 0 aliphatic rings. The van der Waals surface area contributed by atoms with Gasteiger partial charge in [0.1, 0.15) is 5.82 Å². The number of hydrogen-bond acceptors (Lipinski definition) is 4. The van der Waals surface area contributed by atoms with Crippen molar-refractivity contribution >= 4 is 35.1 Å². The van der Waals surface area contributed by atoms with Crippen molar-refractivity contribution in [1.82, 2.24) is 20.1 Å². The number of benzene rings is 3. The van der Waals surface area contributed by atoms with Crippen LogP contribution in [0.15, 0.2) is 65.8 Å². The molecule has 0 aliphatic heterocycles. The highest BCUT2D eigenvalue weighted by atomic mass is 35.5. The predicted octanol–water partition coefficient (Wildman–Crippen LogP) is 6.60. The van der Waals surface area contributed by atoms with Crippen LogP contribution in [0.3, 0.4) is 0 Å². The zero-order valence-electron chi connectivity index (χ0n) is 19.6. The first kappa shape index (κ1) is 24.8. The molecular weight excluding hydrogens is 485 g/mol. The number of nitrogens with zero attached hydrogens (tertiary/aromatic N) is 3. The van der Waals surface area contributed by atoms with E-state index in [9.17, 15) is 9.18 Å². The maximum atomic E-state index is 13.3. The molecule has 0 spiro atoms. The summed E-state index contributed by atoms with van der Waals surface area (Å²) in [7, 11) is 0. The average molecular weight is 510 g/mol. The maximum absolute atomic E-state index is 13.3. The number of aromatic nitrogens is 3. The summed E-state index contributed by atoms with van der Waals surface area (Å²) in [5, 5.41) is 15.7. The van der Waals surface area contributed by atoms with Crippen molar-refractivity contribution in [2.45, 2.75) is 38.2 Å². The van der Waals surface area contributed by atoms with Crippen molar-refractivity contribution in [2.24, 2.45) is 0 Å². The fourth-order valence-electron chi connectivity index (χ4n) is 3.46. The number of anilines is 1. The van der Waals surface area contributed by atoms with E-state index in [0.29, 0.717) is 27.4 Å². The van der Waals surface area contributed by atoms with Gasteiger partial charge in [0, 0.05) is 16.5 Å². The minimum Gasteiger partial charge on any atom is -0.331 e. The van der Waals surface area contributed by atoms with Crippen molar-refractivity contribution in [3.63, 3.8) is 0 Å². The maximum Gasteiger partial charge on any atom is 0.319 e. The Labute approximate surface area is 212 Å². The predicted molar refractivity (Wildman–Crippen MR) is 139 cm³/mol. The second kappa shape index (κ2) is 10.9. The summed E-state index contributed by atoms with van der Waals surface area (Å²) in [5.41, 5.74) is 5.75. The first-order chi connectivity index (χ1) is 16.8. The van der Waals surface area contributed by atoms with Gasteiger partial charge in [-0.1, -0.05) is 47.6 Å². The van der Waals surface area contributed by atoms with Crippen LogP contribution in [0.25, 0.3) is 5.69 Å². The molecule has 0 atom stereocenters. The molecule has 0 radical (unpaired) electrons.